The minimum atomic E-state index is -0.336. The maximum atomic E-state index is 13.2. The van der Waals surface area contributed by atoms with Crippen LogP contribution in [0, 0.1) is 0 Å². The molecule has 2 aliphatic rings. The molecule has 0 aliphatic carbocycles. The first-order valence-corrected chi connectivity index (χ1v) is 11.0. The van der Waals surface area contributed by atoms with Crippen molar-refractivity contribution >= 4 is 34.0 Å². The maximum Gasteiger partial charge on any atom is 0.274 e. The van der Waals surface area contributed by atoms with Crippen LogP contribution in [-0.4, -0.2) is 58.1 Å². The summed E-state index contributed by atoms with van der Waals surface area (Å²) >= 11 is 0. The van der Waals surface area contributed by atoms with E-state index in [2.05, 4.69) is 26.4 Å². The van der Waals surface area contributed by atoms with Gasteiger partial charge in [0, 0.05) is 38.6 Å². The van der Waals surface area contributed by atoms with Crippen molar-refractivity contribution in [3.05, 3.63) is 42.2 Å². The van der Waals surface area contributed by atoms with Gasteiger partial charge in [-0.3, -0.25) is 9.48 Å². The van der Waals surface area contributed by atoms with E-state index in [9.17, 15) is 9.90 Å². The highest BCUT2D eigenvalue weighted by molar-refractivity contribution is 6.06. The Morgan fingerprint density at radius 2 is 1.97 bits per heavy atom. The standard InChI is InChI=1S/C23H28N6O2/c1-27-20-13-19(21(12-16(20)14-24-27)28-9-3-2-4-10-28)26-23(31)18-6-5-7-22(25-18)29-11-8-17(30)15-29/h5-7,12-14,17,30H,2-4,8-11,15H2,1H3,(H,26,31). The molecule has 2 aromatic heterocycles. The van der Waals surface area contributed by atoms with Crippen molar-refractivity contribution in [1.82, 2.24) is 14.8 Å². The Morgan fingerprint density at radius 3 is 2.74 bits per heavy atom. The molecule has 0 saturated carbocycles. The van der Waals surface area contributed by atoms with Crippen molar-refractivity contribution in [3.63, 3.8) is 0 Å². The fraction of sp³-hybridized carbons (Fsp3) is 0.435. The number of carbonyl (C=O) groups is 1. The summed E-state index contributed by atoms with van der Waals surface area (Å²) in [5.41, 5.74) is 3.16. The third-order valence-electron chi connectivity index (χ3n) is 6.26. The van der Waals surface area contributed by atoms with Gasteiger partial charge in [-0.05, 0) is 49.9 Å². The molecule has 0 bridgehead atoms. The van der Waals surface area contributed by atoms with Gasteiger partial charge >= 0.3 is 0 Å². The first kappa shape index (κ1) is 19.8. The summed E-state index contributed by atoms with van der Waals surface area (Å²) in [7, 11) is 1.91. The second kappa shape index (κ2) is 8.19. The van der Waals surface area contributed by atoms with Gasteiger partial charge in [0.1, 0.15) is 11.5 Å². The normalized spacial score (nSPS) is 19.2. The number of benzene rings is 1. The Bertz CT molecular complexity index is 1100. The molecule has 2 fully saturated rings. The monoisotopic (exact) mass is 420 g/mol. The fourth-order valence-corrected chi connectivity index (χ4v) is 4.55. The Balaban J connectivity index is 1.45. The van der Waals surface area contributed by atoms with E-state index >= 15 is 0 Å². The van der Waals surface area contributed by atoms with Gasteiger partial charge in [0.05, 0.1) is 29.2 Å². The van der Waals surface area contributed by atoms with Crippen LogP contribution in [0.25, 0.3) is 10.9 Å². The van der Waals surface area contributed by atoms with Crippen molar-refractivity contribution in [2.45, 2.75) is 31.8 Å². The summed E-state index contributed by atoms with van der Waals surface area (Å²) in [6.07, 6.45) is 5.81. The lowest BCUT2D eigenvalue weighted by atomic mass is 10.1. The summed E-state index contributed by atoms with van der Waals surface area (Å²) < 4.78 is 1.82. The summed E-state index contributed by atoms with van der Waals surface area (Å²) in [6, 6.07) is 9.59. The van der Waals surface area contributed by atoms with Gasteiger partial charge < -0.3 is 20.2 Å². The summed E-state index contributed by atoms with van der Waals surface area (Å²) in [4.78, 5) is 22.1. The molecule has 3 aromatic rings. The van der Waals surface area contributed by atoms with Crippen molar-refractivity contribution in [2.75, 3.05) is 41.3 Å². The van der Waals surface area contributed by atoms with Gasteiger partial charge in [-0.1, -0.05) is 6.07 Å². The summed E-state index contributed by atoms with van der Waals surface area (Å²) in [5.74, 6) is 0.490. The number of aromatic nitrogens is 3. The number of hydrogen-bond acceptors (Lipinski definition) is 6. The van der Waals surface area contributed by atoms with E-state index in [-0.39, 0.29) is 12.0 Å². The number of aliphatic hydroxyl groups is 1. The molecule has 4 heterocycles. The van der Waals surface area contributed by atoms with E-state index in [4.69, 9.17) is 0 Å². The van der Waals surface area contributed by atoms with Crippen molar-refractivity contribution in [1.29, 1.82) is 0 Å². The lowest BCUT2D eigenvalue weighted by Gasteiger charge is -2.30. The van der Waals surface area contributed by atoms with Gasteiger partial charge in [0.25, 0.3) is 5.91 Å². The van der Waals surface area contributed by atoms with Crippen molar-refractivity contribution < 1.29 is 9.90 Å². The Kier molecular flexibility index (Phi) is 5.23. The van der Waals surface area contributed by atoms with Crippen molar-refractivity contribution in [3.8, 4) is 0 Å². The van der Waals surface area contributed by atoms with Crippen molar-refractivity contribution in [2.24, 2.45) is 7.05 Å². The minimum absolute atomic E-state index is 0.235. The van der Waals surface area contributed by atoms with E-state index < -0.39 is 0 Å². The highest BCUT2D eigenvalue weighted by Gasteiger charge is 2.23. The first-order chi connectivity index (χ1) is 15.1. The van der Waals surface area contributed by atoms with Crippen LogP contribution in [-0.2, 0) is 7.05 Å². The Labute approximate surface area is 181 Å². The summed E-state index contributed by atoms with van der Waals surface area (Å²) in [6.45, 7) is 3.27. The van der Waals surface area contributed by atoms with E-state index in [1.165, 1.54) is 6.42 Å². The molecular weight excluding hydrogens is 392 g/mol. The SMILES string of the molecule is Cn1ncc2cc(N3CCCCC3)c(NC(=O)c3cccc(N4CCC(O)C4)n3)cc21. The molecule has 1 aromatic carbocycles. The van der Waals surface area contributed by atoms with Crippen LogP contribution in [0.5, 0.6) is 0 Å². The number of anilines is 3. The number of piperidine rings is 1. The third kappa shape index (κ3) is 3.95. The number of nitrogens with one attached hydrogen (secondary N) is 1. The molecule has 8 nitrogen and oxygen atoms in total. The molecule has 2 saturated heterocycles. The highest BCUT2D eigenvalue weighted by Crippen LogP contribution is 2.33. The number of hydrogen-bond donors (Lipinski definition) is 2. The van der Waals surface area contributed by atoms with Crippen LogP contribution in [0.1, 0.15) is 36.2 Å². The Hall–Kier alpha value is -3.13. The molecule has 1 atom stereocenters. The number of pyridine rings is 1. The van der Waals surface area contributed by atoms with Gasteiger partial charge in [-0.15, -0.1) is 0 Å². The van der Waals surface area contributed by atoms with E-state index in [0.717, 1.165) is 67.0 Å². The molecule has 0 radical (unpaired) electrons. The van der Waals surface area contributed by atoms with Gasteiger partial charge in [0.15, 0.2) is 0 Å². The second-order valence-electron chi connectivity index (χ2n) is 8.47. The number of nitrogens with zero attached hydrogens (tertiary/aromatic N) is 5. The quantitative estimate of drug-likeness (QED) is 0.675. The number of fused-ring (bicyclic) bond motifs is 1. The molecule has 8 heteroatoms. The molecule has 1 unspecified atom stereocenters. The molecule has 31 heavy (non-hydrogen) atoms. The lowest BCUT2D eigenvalue weighted by molar-refractivity contribution is 0.102. The second-order valence-corrected chi connectivity index (χ2v) is 8.47. The molecule has 1 amide bonds. The van der Waals surface area contributed by atoms with E-state index in [1.807, 2.05) is 41.0 Å². The zero-order valence-corrected chi connectivity index (χ0v) is 17.8. The fourth-order valence-electron chi connectivity index (χ4n) is 4.55. The van der Waals surface area contributed by atoms with E-state index in [1.54, 1.807) is 6.07 Å². The van der Waals surface area contributed by atoms with Crippen LogP contribution in [0.15, 0.2) is 36.5 Å². The van der Waals surface area contributed by atoms with E-state index in [0.29, 0.717) is 12.2 Å². The predicted octanol–water partition coefficient (Wildman–Crippen LogP) is 2.78. The average molecular weight is 421 g/mol. The average Bonchev–Trinajstić information content (AvgIpc) is 3.39. The van der Waals surface area contributed by atoms with Crippen LogP contribution >= 0.6 is 0 Å². The van der Waals surface area contributed by atoms with Crippen LogP contribution in [0.3, 0.4) is 0 Å². The largest absolute Gasteiger partial charge is 0.391 e. The van der Waals surface area contributed by atoms with Crippen LogP contribution in [0.2, 0.25) is 0 Å². The zero-order valence-electron chi connectivity index (χ0n) is 17.8. The Morgan fingerprint density at radius 1 is 1.13 bits per heavy atom. The zero-order chi connectivity index (χ0) is 21.4. The van der Waals surface area contributed by atoms with Gasteiger partial charge in [0.2, 0.25) is 0 Å². The van der Waals surface area contributed by atoms with Gasteiger partial charge in [-0.25, -0.2) is 4.98 Å². The maximum absolute atomic E-state index is 13.2. The topological polar surface area (TPSA) is 86.5 Å². The number of amides is 1. The number of aliphatic hydroxyl groups excluding tert-OH is 1. The molecule has 5 rings (SSSR count). The molecular formula is C23H28N6O2. The number of β-amino-alcohol motifs (C(OH)–C–C–N with tert-alkyl or cyclic N) is 1. The number of aryl methyl sites for hydroxylation is 1. The van der Waals surface area contributed by atoms with Crippen LogP contribution < -0.4 is 15.1 Å². The minimum Gasteiger partial charge on any atom is -0.391 e. The van der Waals surface area contributed by atoms with Gasteiger partial charge in [-0.2, -0.15) is 5.10 Å². The third-order valence-corrected chi connectivity index (χ3v) is 6.26. The number of carbonyl (C=O) groups excluding carboxylic acids is 1. The lowest BCUT2D eigenvalue weighted by Crippen LogP contribution is -2.30. The smallest absolute Gasteiger partial charge is 0.274 e. The molecule has 162 valence electrons. The predicted molar refractivity (Wildman–Crippen MR) is 122 cm³/mol. The van der Waals surface area contributed by atoms with Crippen LogP contribution in [0.4, 0.5) is 17.2 Å². The first-order valence-electron chi connectivity index (χ1n) is 11.0. The molecule has 2 N–H and O–H groups in total. The number of rotatable bonds is 4. The summed E-state index contributed by atoms with van der Waals surface area (Å²) in [5, 5.41) is 18.4. The molecule has 2 aliphatic heterocycles. The highest BCUT2D eigenvalue weighted by atomic mass is 16.3. The molecule has 0 spiro atoms.